The van der Waals surface area contributed by atoms with Crippen molar-refractivity contribution in [3.63, 3.8) is 0 Å². The molecular formula is C15H10ClFO. The molecule has 0 fully saturated rings. The molecule has 1 atom stereocenters. The van der Waals surface area contributed by atoms with Gasteiger partial charge in [-0.05, 0) is 23.3 Å². The fourth-order valence-corrected chi connectivity index (χ4v) is 2.68. The summed E-state index contributed by atoms with van der Waals surface area (Å²) in [5.74, 6) is -0.305. The lowest BCUT2D eigenvalue weighted by Gasteiger charge is -2.11. The summed E-state index contributed by atoms with van der Waals surface area (Å²) >= 11 is 5.80. The molecule has 0 spiro atoms. The Kier molecular flexibility index (Phi) is 2.67. The lowest BCUT2D eigenvalue weighted by Crippen LogP contribution is -1.97. The Morgan fingerprint density at radius 1 is 1.17 bits per heavy atom. The molecule has 0 aliphatic heterocycles. The molecule has 3 heteroatoms. The summed E-state index contributed by atoms with van der Waals surface area (Å²) in [6, 6.07) is 12.2. The maximum Gasteiger partial charge on any atom is 0.164 e. The van der Waals surface area contributed by atoms with Gasteiger partial charge in [0.2, 0.25) is 0 Å². The third-order valence-electron chi connectivity index (χ3n) is 3.37. The monoisotopic (exact) mass is 260 g/mol. The molecule has 2 aromatic rings. The van der Waals surface area contributed by atoms with Crippen molar-refractivity contribution in [2.24, 2.45) is 0 Å². The van der Waals surface area contributed by atoms with E-state index < -0.39 is 5.82 Å². The Bertz CT molecular complexity index is 636. The molecule has 0 amide bonds. The molecule has 0 aromatic heterocycles. The van der Waals surface area contributed by atoms with Gasteiger partial charge in [-0.3, -0.25) is 4.79 Å². The van der Waals surface area contributed by atoms with Gasteiger partial charge in [-0.15, -0.1) is 0 Å². The van der Waals surface area contributed by atoms with Gasteiger partial charge in [0.15, 0.2) is 5.78 Å². The number of halogens is 2. The van der Waals surface area contributed by atoms with Crippen molar-refractivity contribution in [3.05, 3.63) is 70.0 Å². The average molecular weight is 261 g/mol. The highest BCUT2D eigenvalue weighted by Crippen LogP contribution is 2.38. The molecule has 0 bridgehead atoms. The highest BCUT2D eigenvalue weighted by atomic mass is 35.5. The number of hydrogen-bond donors (Lipinski definition) is 0. The van der Waals surface area contributed by atoms with Crippen LogP contribution in [0.15, 0.2) is 42.5 Å². The van der Waals surface area contributed by atoms with Gasteiger partial charge in [0, 0.05) is 17.9 Å². The number of benzene rings is 2. The van der Waals surface area contributed by atoms with Crippen molar-refractivity contribution in [1.29, 1.82) is 0 Å². The molecule has 0 N–H and O–H groups in total. The number of hydrogen-bond acceptors (Lipinski definition) is 1. The second-order valence-corrected chi connectivity index (χ2v) is 4.85. The van der Waals surface area contributed by atoms with Gasteiger partial charge in [-0.25, -0.2) is 4.39 Å². The van der Waals surface area contributed by atoms with Gasteiger partial charge in [0.25, 0.3) is 0 Å². The van der Waals surface area contributed by atoms with Crippen LogP contribution >= 0.6 is 11.6 Å². The number of Topliss-reactive ketones (excluding diaryl/α,β-unsaturated/α-hetero) is 1. The van der Waals surface area contributed by atoms with Gasteiger partial charge in [-0.2, -0.15) is 0 Å². The first-order chi connectivity index (χ1) is 8.66. The normalized spacial score (nSPS) is 17.9. The lowest BCUT2D eigenvalue weighted by molar-refractivity contribution is 0.0991. The lowest BCUT2D eigenvalue weighted by atomic mass is 9.93. The van der Waals surface area contributed by atoms with Crippen LogP contribution in [0, 0.1) is 5.82 Å². The Hall–Kier alpha value is -1.67. The quantitative estimate of drug-likeness (QED) is 0.751. The van der Waals surface area contributed by atoms with Crippen molar-refractivity contribution >= 4 is 17.4 Å². The van der Waals surface area contributed by atoms with Gasteiger partial charge in [0.05, 0.1) is 5.02 Å². The standard InChI is InChI=1S/C15H10ClFO/c16-13-7-9(5-6-14(13)17)12-8-15(18)11-4-2-1-3-10(11)12/h1-7,12H,8H2/t12-/m0/s1. The number of fused-ring (bicyclic) bond motifs is 1. The molecule has 18 heavy (non-hydrogen) atoms. The highest BCUT2D eigenvalue weighted by molar-refractivity contribution is 6.30. The molecule has 0 radical (unpaired) electrons. The molecule has 0 saturated carbocycles. The van der Waals surface area contributed by atoms with Crippen LogP contribution in [0.25, 0.3) is 0 Å². The molecule has 1 nitrogen and oxygen atoms in total. The third kappa shape index (κ3) is 1.73. The van der Waals surface area contributed by atoms with Crippen LogP contribution in [0.3, 0.4) is 0 Å². The number of rotatable bonds is 1. The fourth-order valence-electron chi connectivity index (χ4n) is 2.49. The van der Waals surface area contributed by atoms with E-state index in [0.29, 0.717) is 6.42 Å². The third-order valence-corrected chi connectivity index (χ3v) is 3.66. The SMILES string of the molecule is O=C1C[C@@H](c2ccc(F)c(Cl)c2)c2ccccc21. The van der Waals surface area contributed by atoms with E-state index in [0.717, 1.165) is 16.7 Å². The number of carbonyl (C=O) groups excluding carboxylic acids is 1. The largest absolute Gasteiger partial charge is 0.294 e. The second kappa shape index (κ2) is 4.21. The predicted octanol–water partition coefficient (Wildman–Crippen LogP) is 4.20. The molecule has 2 aromatic carbocycles. The maximum atomic E-state index is 13.2. The summed E-state index contributed by atoms with van der Waals surface area (Å²) in [6.07, 6.45) is 0.432. The number of ketones is 1. The molecule has 0 unspecified atom stereocenters. The Morgan fingerprint density at radius 3 is 2.72 bits per heavy atom. The van der Waals surface area contributed by atoms with Crippen LogP contribution in [0.1, 0.15) is 33.8 Å². The van der Waals surface area contributed by atoms with E-state index in [4.69, 9.17) is 11.6 Å². The van der Waals surface area contributed by atoms with Crippen LogP contribution in [0.2, 0.25) is 5.02 Å². The van der Waals surface area contributed by atoms with E-state index in [2.05, 4.69) is 0 Å². The first-order valence-electron chi connectivity index (χ1n) is 5.74. The van der Waals surface area contributed by atoms with Gasteiger partial charge >= 0.3 is 0 Å². The van der Waals surface area contributed by atoms with Crippen molar-refractivity contribution in [1.82, 2.24) is 0 Å². The molecule has 0 heterocycles. The zero-order valence-corrected chi connectivity index (χ0v) is 10.2. The van der Waals surface area contributed by atoms with Crippen LogP contribution in [-0.2, 0) is 0 Å². The van der Waals surface area contributed by atoms with E-state index in [1.165, 1.54) is 6.07 Å². The van der Waals surface area contributed by atoms with Crippen molar-refractivity contribution in [3.8, 4) is 0 Å². The minimum Gasteiger partial charge on any atom is -0.294 e. The zero-order valence-electron chi connectivity index (χ0n) is 9.49. The molecular weight excluding hydrogens is 251 g/mol. The van der Waals surface area contributed by atoms with Crippen molar-refractivity contribution in [2.75, 3.05) is 0 Å². The van der Waals surface area contributed by atoms with E-state index in [9.17, 15) is 9.18 Å². The Balaban J connectivity index is 2.09. The van der Waals surface area contributed by atoms with Crippen LogP contribution in [0.4, 0.5) is 4.39 Å². The first-order valence-corrected chi connectivity index (χ1v) is 6.11. The van der Waals surface area contributed by atoms with E-state index in [-0.39, 0.29) is 16.7 Å². The summed E-state index contributed by atoms with van der Waals surface area (Å²) in [4.78, 5) is 11.9. The smallest absolute Gasteiger partial charge is 0.164 e. The van der Waals surface area contributed by atoms with Crippen LogP contribution in [0.5, 0.6) is 0 Å². The minimum absolute atomic E-state index is 0.00759. The molecule has 1 aliphatic rings. The second-order valence-electron chi connectivity index (χ2n) is 4.44. The van der Waals surface area contributed by atoms with Gasteiger partial charge in [0.1, 0.15) is 5.82 Å². The topological polar surface area (TPSA) is 17.1 Å². The van der Waals surface area contributed by atoms with Gasteiger partial charge < -0.3 is 0 Å². The van der Waals surface area contributed by atoms with E-state index in [1.807, 2.05) is 24.3 Å². The van der Waals surface area contributed by atoms with E-state index >= 15 is 0 Å². The van der Waals surface area contributed by atoms with Crippen molar-refractivity contribution < 1.29 is 9.18 Å². The summed E-state index contributed by atoms with van der Waals surface area (Å²) < 4.78 is 13.2. The zero-order chi connectivity index (χ0) is 12.7. The van der Waals surface area contributed by atoms with E-state index in [1.54, 1.807) is 12.1 Å². The fraction of sp³-hybridized carbons (Fsp3) is 0.133. The average Bonchev–Trinajstić information content (AvgIpc) is 2.71. The number of carbonyl (C=O) groups is 1. The summed E-state index contributed by atoms with van der Waals surface area (Å²) in [5.41, 5.74) is 2.66. The highest BCUT2D eigenvalue weighted by Gasteiger charge is 2.30. The summed E-state index contributed by atoms with van der Waals surface area (Å²) in [6.45, 7) is 0. The maximum absolute atomic E-state index is 13.2. The van der Waals surface area contributed by atoms with Crippen LogP contribution < -0.4 is 0 Å². The molecule has 90 valence electrons. The van der Waals surface area contributed by atoms with Crippen molar-refractivity contribution in [2.45, 2.75) is 12.3 Å². The Labute approximate surface area is 109 Å². The molecule has 1 aliphatic carbocycles. The minimum atomic E-state index is -0.432. The first kappa shape index (κ1) is 11.4. The Morgan fingerprint density at radius 2 is 1.94 bits per heavy atom. The van der Waals surface area contributed by atoms with Gasteiger partial charge in [-0.1, -0.05) is 41.9 Å². The molecule has 3 rings (SSSR count). The van der Waals surface area contributed by atoms with Crippen LogP contribution in [-0.4, -0.2) is 5.78 Å². The predicted molar refractivity (Wildman–Crippen MR) is 68.6 cm³/mol. The molecule has 0 saturated heterocycles. The summed E-state index contributed by atoms with van der Waals surface area (Å²) in [7, 11) is 0. The summed E-state index contributed by atoms with van der Waals surface area (Å²) in [5, 5.41) is 0.101.